The molecular formula is C13H12FN5O. The fourth-order valence-corrected chi connectivity index (χ4v) is 1.91. The molecule has 0 amide bonds. The van der Waals surface area contributed by atoms with Crippen LogP contribution in [0.2, 0.25) is 0 Å². The molecule has 20 heavy (non-hydrogen) atoms. The molecule has 1 N–H and O–H groups in total. The molecule has 0 aromatic heterocycles. The van der Waals surface area contributed by atoms with E-state index in [2.05, 4.69) is 10.5 Å². The Morgan fingerprint density at radius 3 is 2.65 bits per heavy atom. The zero-order valence-electron chi connectivity index (χ0n) is 10.6. The van der Waals surface area contributed by atoms with Gasteiger partial charge in [0.1, 0.15) is 18.0 Å². The van der Waals surface area contributed by atoms with E-state index in [4.69, 9.17) is 15.3 Å². The highest BCUT2D eigenvalue weighted by Crippen LogP contribution is 2.29. The van der Waals surface area contributed by atoms with Crippen molar-refractivity contribution in [2.75, 3.05) is 36.6 Å². The van der Waals surface area contributed by atoms with Crippen molar-refractivity contribution in [1.82, 2.24) is 0 Å². The first-order chi connectivity index (χ1) is 9.76. The summed E-state index contributed by atoms with van der Waals surface area (Å²) in [6.45, 7) is 2.20. The third kappa shape index (κ3) is 3.02. The number of halogens is 1. The first-order valence-corrected chi connectivity index (χ1v) is 6.01. The minimum Gasteiger partial charge on any atom is -0.378 e. The second kappa shape index (κ2) is 6.50. The van der Waals surface area contributed by atoms with E-state index in [9.17, 15) is 4.39 Å². The zero-order valence-corrected chi connectivity index (χ0v) is 10.6. The Hall–Kier alpha value is -2.64. The van der Waals surface area contributed by atoms with Crippen molar-refractivity contribution >= 4 is 17.1 Å². The molecule has 1 aliphatic heterocycles. The number of nitrogens with one attached hydrogen (secondary N) is 1. The summed E-state index contributed by atoms with van der Waals surface area (Å²) >= 11 is 0. The standard InChI is InChI=1S/C13H12FN5O/c14-11-2-1-3-12(18-17-10(8-15)9-16)13(11)19-4-6-20-7-5-19/h1-3,18H,4-7H2. The number of nitriles is 2. The van der Waals surface area contributed by atoms with Crippen molar-refractivity contribution in [3.8, 4) is 12.1 Å². The van der Waals surface area contributed by atoms with Gasteiger partial charge in [0, 0.05) is 13.1 Å². The maximum atomic E-state index is 14.0. The van der Waals surface area contributed by atoms with E-state index in [1.807, 2.05) is 4.90 Å². The monoisotopic (exact) mass is 273 g/mol. The summed E-state index contributed by atoms with van der Waals surface area (Å²) in [4.78, 5) is 1.84. The normalized spacial score (nSPS) is 14.1. The van der Waals surface area contributed by atoms with Crippen LogP contribution in [0.4, 0.5) is 15.8 Å². The van der Waals surface area contributed by atoms with Crippen LogP contribution in [0.3, 0.4) is 0 Å². The van der Waals surface area contributed by atoms with Gasteiger partial charge in [0.2, 0.25) is 5.71 Å². The minimum atomic E-state index is -0.387. The van der Waals surface area contributed by atoms with E-state index in [0.29, 0.717) is 37.7 Å². The second-order valence-corrected chi connectivity index (χ2v) is 4.03. The predicted molar refractivity (Wildman–Crippen MR) is 71.7 cm³/mol. The van der Waals surface area contributed by atoms with E-state index in [0.717, 1.165) is 0 Å². The van der Waals surface area contributed by atoms with E-state index < -0.39 is 0 Å². The van der Waals surface area contributed by atoms with E-state index in [1.165, 1.54) is 12.1 Å². The summed E-state index contributed by atoms with van der Waals surface area (Å²) in [5.41, 5.74) is 3.04. The van der Waals surface area contributed by atoms with E-state index in [-0.39, 0.29) is 11.5 Å². The van der Waals surface area contributed by atoms with Crippen LogP contribution in [0.25, 0.3) is 0 Å². The van der Waals surface area contributed by atoms with Crippen LogP contribution in [-0.4, -0.2) is 32.0 Å². The SMILES string of the molecule is N#CC(C#N)=NNc1cccc(F)c1N1CCOCC1. The molecule has 1 heterocycles. The van der Waals surface area contributed by atoms with Crippen LogP contribution in [0.1, 0.15) is 0 Å². The number of ether oxygens (including phenoxy) is 1. The van der Waals surface area contributed by atoms with Gasteiger partial charge in [0.15, 0.2) is 0 Å². The highest BCUT2D eigenvalue weighted by molar-refractivity contribution is 6.10. The van der Waals surface area contributed by atoms with Gasteiger partial charge in [-0.3, -0.25) is 5.43 Å². The first-order valence-electron chi connectivity index (χ1n) is 6.01. The van der Waals surface area contributed by atoms with Gasteiger partial charge >= 0.3 is 0 Å². The Kier molecular flexibility index (Phi) is 4.48. The number of hydrazone groups is 1. The lowest BCUT2D eigenvalue weighted by atomic mass is 10.2. The number of anilines is 2. The molecule has 6 nitrogen and oxygen atoms in total. The fourth-order valence-electron chi connectivity index (χ4n) is 1.91. The summed E-state index contributed by atoms with van der Waals surface area (Å²) in [6, 6.07) is 7.81. The Morgan fingerprint density at radius 1 is 1.30 bits per heavy atom. The van der Waals surface area contributed by atoms with Crippen molar-refractivity contribution < 1.29 is 9.13 Å². The Morgan fingerprint density at radius 2 is 2.00 bits per heavy atom. The fraction of sp³-hybridized carbons (Fsp3) is 0.308. The van der Waals surface area contributed by atoms with Crippen LogP contribution < -0.4 is 10.3 Å². The Labute approximate surface area is 115 Å². The van der Waals surface area contributed by atoms with Gasteiger partial charge in [-0.05, 0) is 12.1 Å². The Bertz CT molecular complexity index is 580. The van der Waals surface area contributed by atoms with Gasteiger partial charge in [-0.2, -0.15) is 15.6 Å². The summed E-state index contributed by atoms with van der Waals surface area (Å²) in [5, 5.41) is 20.9. The van der Waals surface area contributed by atoms with Crippen LogP contribution >= 0.6 is 0 Å². The molecule has 0 atom stereocenters. The lowest BCUT2D eigenvalue weighted by Crippen LogP contribution is -2.37. The minimum absolute atomic E-state index is 0.317. The van der Waals surface area contributed by atoms with Crippen molar-refractivity contribution in [3.05, 3.63) is 24.0 Å². The van der Waals surface area contributed by atoms with Crippen molar-refractivity contribution in [2.24, 2.45) is 5.10 Å². The Balaban J connectivity index is 2.29. The number of rotatable bonds is 3. The molecule has 0 radical (unpaired) electrons. The highest BCUT2D eigenvalue weighted by atomic mass is 19.1. The quantitative estimate of drug-likeness (QED) is 0.666. The molecule has 7 heteroatoms. The maximum absolute atomic E-state index is 14.0. The second-order valence-electron chi connectivity index (χ2n) is 4.03. The third-order valence-corrected chi connectivity index (χ3v) is 2.81. The molecular weight excluding hydrogens is 261 g/mol. The largest absolute Gasteiger partial charge is 0.378 e. The number of nitrogens with zero attached hydrogens (tertiary/aromatic N) is 4. The summed E-state index contributed by atoms with van der Waals surface area (Å²) < 4.78 is 19.3. The number of morpholine rings is 1. The molecule has 1 saturated heterocycles. The topological polar surface area (TPSA) is 84.4 Å². The van der Waals surface area contributed by atoms with Gasteiger partial charge in [-0.15, -0.1) is 0 Å². The molecule has 0 bridgehead atoms. The molecule has 102 valence electrons. The summed E-state index contributed by atoms with van der Waals surface area (Å²) in [5.74, 6) is -0.387. The third-order valence-electron chi connectivity index (χ3n) is 2.81. The summed E-state index contributed by atoms with van der Waals surface area (Å²) in [7, 11) is 0. The molecule has 1 fully saturated rings. The van der Waals surface area contributed by atoms with Gasteiger partial charge in [0.05, 0.1) is 24.6 Å². The van der Waals surface area contributed by atoms with Crippen LogP contribution in [0.5, 0.6) is 0 Å². The predicted octanol–water partition coefficient (Wildman–Crippen LogP) is 1.48. The first kappa shape index (κ1) is 13.8. The molecule has 1 aliphatic rings. The molecule has 2 rings (SSSR count). The van der Waals surface area contributed by atoms with E-state index >= 15 is 0 Å². The van der Waals surface area contributed by atoms with E-state index in [1.54, 1.807) is 18.2 Å². The van der Waals surface area contributed by atoms with Crippen LogP contribution in [-0.2, 0) is 4.74 Å². The average Bonchev–Trinajstić information content (AvgIpc) is 2.49. The van der Waals surface area contributed by atoms with Crippen LogP contribution in [0, 0.1) is 28.5 Å². The highest BCUT2D eigenvalue weighted by Gasteiger charge is 2.18. The molecule has 1 aromatic carbocycles. The van der Waals surface area contributed by atoms with Crippen LogP contribution in [0.15, 0.2) is 23.3 Å². The summed E-state index contributed by atoms with van der Waals surface area (Å²) in [6.07, 6.45) is 0. The number of hydrogen-bond acceptors (Lipinski definition) is 6. The molecule has 0 saturated carbocycles. The average molecular weight is 273 g/mol. The number of para-hydroxylation sites is 1. The van der Waals surface area contributed by atoms with Gasteiger partial charge in [-0.25, -0.2) is 4.39 Å². The van der Waals surface area contributed by atoms with Gasteiger partial charge in [-0.1, -0.05) is 6.07 Å². The van der Waals surface area contributed by atoms with Gasteiger partial charge in [0.25, 0.3) is 0 Å². The molecule has 0 aliphatic carbocycles. The maximum Gasteiger partial charge on any atom is 0.237 e. The van der Waals surface area contributed by atoms with Crippen molar-refractivity contribution in [3.63, 3.8) is 0 Å². The van der Waals surface area contributed by atoms with Gasteiger partial charge < -0.3 is 9.64 Å². The number of hydrogen-bond donors (Lipinski definition) is 1. The lowest BCUT2D eigenvalue weighted by molar-refractivity contribution is 0.122. The van der Waals surface area contributed by atoms with Crippen molar-refractivity contribution in [2.45, 2.75) is 0 Å². The lowest BCUT2D eigenvalue weighted by Gasteiger charge is -2.30. The zero-order chi connectivity index (χ0) is 14.4. The molecule has 1 aromatic rings. The molecule has 0 spiro atoms. The molecule has 0 unspecified atom stereocenters. The number of benzene rings is 1. The van der Waals surface area contributed by atoms with Crippen molar-refractivity contribution in [1.29, 1.82) is 10.5 Å². The smallest absolute Gasteiger partial charge is 0.237 e.